The Kier molecular flexibility index (Phi) is 7.08. The molecule has 0 unspecified atom stereocenters. The van der Waals surface area contributed by atoms with Crippen LogP contribution in [0.2, 0.25) is 0 Å². The third kappa shape index (κ3) is 5.29. The predicted octanol–water partition coefficient (Wildman–Crippen LogP) is 8.61. The largest absolute Gasteiger partial charge is 0.493 e. The van der Waals surface area contributed by atoms with E-state index in [0.717, 1.165) is 42.7 Å². The number of hydrogen-bond acceptors (Lipinski definition) is 2. The molecule has 160 valence electrons. The van der Waals surface area contributed by atoms with Crippen molar-refractivity contribution in [1.82, 2.24) is 0 Å². The van der Waals surface area contributed by atoms with Gasteiger partial charge in [-0.25, -0.2) is 4.42 Å². The summed E-state index contributed by atoms with van der Waals surface area (Å²) >= 11 is 7.13. The van der Waals surface area contributed by atoms with Gasteiger partial charge in [0, 0.05) is 20.6 Å². The number of halogens is 2. The van der Waals surface area contributed by atoms with Crippen LogP contribution in [-0.2, 0) is 0 Å². The number of ether oxygens (including phenoxy) is 2. The Hall–Kier alpha value is -2.89. The highest BCUT2D eigenvalue weighted by molar-refractivity contribution is 9.10. The Labute approximate surface area is 204 Å². The molecule has 0 amide bonds. The number of hydrogen-bond donors (Lipinski definition) is 0. The minimum absolute atomic E-state index is 0.685. The molecule has 32 heavy (non-hydrogen) atoms. The fraction of sp³-hybridized carbons (Fsp3) is 0.0741. The summed E-state index contributed by atoms with van der Waals surface area (Å²) < 4.78 is 19.0. The zero-order valence-electron chi connectivity index (χ0n) is 17.6. The van der Waals surface area contributed by atoms with E-state index in [1.54, 1.807) is 14.2 Å². The van der Waals surface area contributed by atoms with E-state index in [4.69, 9.17) is 13.9 Å². The maximum atomic E-state index is 6.26. The zero-order valence-corrected chi connectivity index (χ0v) is 20.8. The van der Waals surface area contributed by atoms with Crippen molar-refractivity contribution in [2.24, 2.45) is 0 Å². The second kappa shape index (κ2) is 10.2. The molecule has 1 aromatic heterocycles. The lowest BCUT2D eigenvalue weighted by Gasteiger charge is -2.07. The van der Waals surface area contributed by atoms with E-state index in [1.165, 1.54) is 0 Å². The second-order valence-corrected chi connectivity index (χ2v) is 8.91. The fourth-order valence-electron chi connectivity index (χ4n) is 3.36. The van der Waals surface area contributed by atoms with Crippen molar-refractivity contribution in [3.8, 4) is 33.9 Å². The molecule has 0 aliphatic carbocycles. The van der Waals surface area contributed by atoms with Gasteiger partial charge in [0.05, 0.1) is 31.9 Å². The Balaban J connectivity index is 1.78. The highest BCUT2D eigenvalue weighted by atomic mass is 79.9. The molecule has 0 N–H and O–H groups in total. The molecule has 4 rings (SSSR count). The lowest BCUT2D eigenvalue weighted by atomic mass is 10.0. The van der Waals surface area contributed by atoms with Gasteiger partial charge in [-0.3, -0.25) is 0 Å². The molecule has 0 bridgehead atoms. The highest BCUT2D eigenvalue weighted by Gasteiger charge is 2.18. The van der Waals surface area contributed by atoms with Crippen molar-refractivity contribution in [1.29, 1.82) is 0 Å². The summed E-state index contributed by atoms with van der Waals surface area (Å²) in [7, 11) is 3.26. The number of methoxy groups -OCH3 is 2. The summed E-state index contributed by atoms with van der Waals surface area (Å²) in [5.41, 5.74) is 4.15. The van der Waals surface area contributed by atoms with Crippen molar-refractivity contribution in [2.45, 2.75) is 0 Å². The van der Waals surface area contributed by atoms with Gasteiger partial charge in [-0.05, 0) is 59.7 Å². The average molecular weight is 553 g/mol. The first-order valence-corrected chi connectivity index (χ1v) is 11.5. The molecule has 5 heteroatoms. The molecule has 0 aliphatic rings. The molecule has 0 spiro atoms. The van der Waals surface area contributed by atoms with Crippen LogP contribution in [0, 0.1) is 0 Å². The third-order valence-corrected chi connectivity index (χ3v) is 5.91. The van der Waals surface area contributed by atoms with Crippen molar-refractivity contribution < 1.29 is 13.9 Å². The first kappa shape index (κ1) is 22.3. The van der Waals surface area contributed by atoms with E-state index in [1.807, 2.05) is 72.8 Å². The van der Waals surface area contributed by atoms with Crippen LogP contribution in [0.15, 0.2) is 92.2 Å². The molecule has 3 aromatic carbocycles. The van der Waals surface area contributed by atoms with Crippen LogP contribution in [0.4, 0.5) is 0 Å². The van der Waals surface area contributed by atoms with Gasteiger partial charge in [0.1, 0.15) is 0 Å². The summed E-state index contributed by atoms with van der Waals surface area (Å²) in [5, 5.41) is 0. The van der Waals surface area contributed by atoms with E-state index in [0.29, 0.717) is 11.5 Å². The molecular weight excluding hydrogens is 532 g/mol. The molecule has 0 atom stereocenters. The van der Waals surface area contributed by atoms with Crippen LogP contribution >= 0.6 is 31.9 Å². The minimum Gasteiger partial charge on any atom is -0.493 e. The van der Waals surface area contributed by atoms with Crippen molar-refractivity contribution >= 4 is 44.0 Å². The molecule has 0 radical (unpaired) electrons. The maximum absolute atomic E-state index is 6.26. The monoisotopic (exact) mass is 551 g/mol. The normalized spacial score (nSPS) is 11.0. The summed E-state index contributed by atoms with van der Waals surface area (Å²) in [6, 6.07) is 26.2. The molecule has 1 heterocycles. The molecule has 0 saturated carbocycles. The second-order valence-electron chi connectivity index (χ2n) is 7.08. The molecule has 4 aromatic rings. The van der Waals surface area contributed by atoms with Crippen LogP contribution in [0.5, 0.6) is 11.5 Å². The van der Waals surface area contributed by atoms with Gasteiger partial charge in [-0.2, -0.15) is 0 Å². The molecule has 0 fully saturated rings. The standard InChI is InChI=1S/C27H21Br2O3/c1-30-25-12-10-18(13-27(25)31-2)9-11-24-16-21(19-5-3-7-22(28)14-19)17-26(32-24)20-6-4-8-23(29)15-20/h3-17H,1-2H3/q+1/b11-9+. The molecular formula is C27H21Br2O3+. The van der Waals surface area contributed by atoms with Gasteiger partial charge in [0.25, 0.3) is 0 Å². The van der Waals surface area contributed by atoms with E-state index in [-0.39, 0.29) is 0 Å². The fourth-order valence-corrected chi connectivity index (χ4v) is 4.16. The number of rotatable bonds is 6. The Morgan fingerprint density at radius 2 is 1.34 bits per heavy atom. The van der Waals surface area contributed by atoms with Crippen LogP contribution in [0.1, 0.15) is 11.3 Å². The van der Waals surface area contributed by atoms with E-state index < -0.39 is 0 Å². The zero-order chi connectivity index (χ0) is 22.5. The van der Waals surface area contributed by atoms with Gasteiger partial charge in [-0.15, -0.1) is 0 Å². The Morgan fingerprint density at radius 1 is 0.656 bits per heavy atom. The van der Waals surface area contributed by atoms with E-state index in [9.17, 15) is 0 Å². The van der Waals surface area contributed by atoms with Crippen LogP contribution < -0.4 is 9.47 Å². The van der Waals surface area contributed by atoms with E-state index >= 15 is 0 Å². The lowest BCUT2D eigenvalue weighted by Crippen LogP contribution is -1.90. The highest BCUT2D eigenvalue weighted by Crippen LogP contribution is 2.32. The molecule has 0 saturated heterocycles. The first-order chi connectivity index (χ1) is 15.6. The quantitative estimate of drug-likeness (QED) is 0.224. The van der Waals surface area contributed by atoms with Gasteiger partial charge in [-0.1, -0.05) is 56.1 Å². The topological polar surface area (TPSA) is 29.8 Å². The SMILES string of the molecule is COc1ccc(/C=C/c2cc(-c3cccc(Br)c3)cc(-c3cccc(Br)c3)[o+]2)cc1OC. The van der Waals surface area contributed by atoms with Crippen molar-refractivity contribution in [3.63, 3.8) is 0 Å². The van der Waals surface area contributed by atoms with Crippen molar-refractivity contribution in [2.75, 3.05) is 14.2 Å². The third-order valence-electron chi connectivity index (χ3n) is 4.93. The summed E-state index contributed by atoms with van der Waals surface area (Å²) in [6.07, 6.45) is 3.96. The van der Waals surface area contributed by atoms with Crippen LogP contribution in [0.25, 0.3) is 34.6 Å². The Bertz CT molecular complexity index is 1220. The van der Waals surface area contributed by atoms with Gasteiger partial charge >= 0.3 is 11.5 Å². The number of benzene rings is 3. The summed E-state index contributed by atoms with van der Waals surface area (Å²) in [6.45, 7) is 0. The maximum Gasteiger partial charge on any atom is 0.361 e. The van der Waals surface area contributed by atoms with Crippen LogP contribution in [0.3, 0.4) is 0 Å². The smallest absolute Gasteiger partial charge is 0.361 e. The van der Waals surface area contributed by atoms with Crippen molar-refractivity contribution in [3.05, 3.63) is 99.1 Å². The predicted molar refractivity (Wildman–Crippen MR) is 138 cm³/mol. The molecule has 0 aliphatic heterocycles. The van der Waals surface area contributed by atoms with Crippen LogP contribution in [-0.4, -0.2) is 14.2 Å². The average Bonchev–Trinajstić information content (AvgIpc) is 2.82. The first-order valence-electron chi connectivity index (χ1n) is 9.96. The summed E-state index contributed by atoms with van der Waals surface area (Å²) in [5.74, 6) is 2.91. The summed E-state index contributed by atoms with van der Waals surface area (Å²) in [4.78, 5) is 0. The lowest BCUT2D eigenvalue weighted by molar-refractivity contribution is 0.355. The Morgan fingerprint density at radius 3 is 2.03 bits per heavy atom. The molecule has 3 nitrogen and oxygen atoms in total. The van der Waals surface area contributed by atoms with Gasteiger partial charge in [0.15, 0.2) is 11.5 Å². The minimum atomic E-state index is 0.685. The van der Waals surface area contributed by atoms with Gasteiger partial charge < -0.3 is 9.47 Å². The van der Waals surface area contributed by atoms with Gasteiger partial charge in [0.2, 0.25) is 0 Å². The van der Waals surface area contributed by atoms with E-state index in [2.05, 4.69) is 50.1 Å².